The third-order valence-corrected chi connectivity index (χ3v) is 6.17. The van der Waals surface area contributed by atoms with Crippen molar-refractivity contribution in [2.24, 2.45) is 0 Å². The lowest BCUT2D eigenvalue weighted by atomic mass is 9.85. The molecular weight excluding hydrogens is 426 g/mol. The fourth-order valence-electron chi connectivity index (χ4n) is 4.52. The lowest BCUT2D eigenvalue weighted by Crippen LogP contribution is -2.55. The summed E-state index contributed by atoms with van der Waals surface area (Å²) >= 11 is 0. The molecule has 3 aliphatic heterocycles. The van der Waals surface area contributed by atoms with Gasteiger partial charge in [-0.25, -0.2) is 0 Å². The first kappa shape index (κ1) is 22.3. The van der Waals surface area contributed by atoms with Gasteiger partial charge in [-0.15, -0.1) is 12.4 Å². The summed E-state index contributed by atoms with van der Waals surface area (Å²) in [5, 5.41) is 43.7. The molecular formula is C22H26ClNO7. The first-order valence-corrected chi connectivity index (χ1v) is 10.1. The number of aliphatic hydroxyl groups excluding tert-OH is 4. The summed E-state index contributed by atoms with van der Waals surface area (Å²) in [5.41, 5.74) is 3.95. The molecule has 31 heavy (non-hydrogen) atoms. The van der Waals surface area contributed by atoms with Crippen LogP contribution < -0.4 is 14.8 Å². The number of ether oxygens (including phenoxy) is 3. The van der Waals surface area contributed by atoms with E-state index < -0.39 is 37.1 Å². The molecule has 1 saturated heterocycles. The predicted molar refractivity (Wildman–Crippen MR) is 113 cm³/mol. The van der Waals surface area contributed by atoms with Gasteiger partial charge in [-0.05, 0) is 40.8 Å². The van der Waals surface area contributed by atoms with Crippen molar-refractivity contribution in [3.05, 3.63) is 58.7 Å². The Balaban J connectivity index is 0.00000231. The van der Waals surface area contributed by atoms with E-state index in [2.05, 4.69) is 5.32 Å². The number of rotatable bonds is 3. The second kappa shape index (κ2) is 8.91. The molecule has 2 aromatic carbocycles. The average Bonchev–Trinajstić information content (AvgIpc) is 3.25. The quantitative estimate of drug-likeness (QED) is 0.460. The van der Waals surface area contributed by atoms with Gasteiger partial charge in [-0.2, -0.15) is 0 Å². The lowest BCUT2D eigenvalue weighted by Gasteiger charge is -2.40. The van der Waals surface area contributed by atoms with E-state index in [9.17, 15) is 20.4 Å². The smallest absolute Gasteiger partial charge is 0.231 e. The minimum absolute atomic E-state index is 0. The number of hydrogen-bond donors (Lipinski definition) is 5. The Morgan fingerprint density at radius 1 is 0.903 bits per heavy atom. The molecule has 3 heterocycles. The third kappa shape index (κ3) is 3.89. The number of benzene rings is 2. The van der Waals surface area contributed by atoms with E-state index in [1.165, 1.54) is 5.56 Å². The molecule has 168 valence electrons. The highest BCUT2D eigenvalue weighted by Crippen LogP contribution is 2.39. The average molecular weight is 452 g/mol. The van der Waals surface area contributed by atoms with E-state index in [1.807, 2.05) is 36.4 Å². The first-order valence-electron chi connectivity index (χ1n) is 10.1. The van der Waals surface area contributed by atoms with Crippen molar-refractivity contribution in [3.8, 4) is 11.5 Å². The van der Waals surface area contributed by atoms with Crippen molar-refractivity contribution in [2.75, 3.05) is 19.9 Å². The van der Waals surface area contributed by atoms with Gasteiger partial charge in [0.2, 0.25) is 6.79 Å². The number of hydrogen-bond acceptors (Lipinski definition) is 8. The van der Waals surface area contributed by atoms with Crippen molar-refractivity contribution in [1.29, 1.82) is 0 Å². The maximum absolute atomic E-state index is 10.5. The fourth-order valence-corrected chi connectivity index (χ4v) is 4.52. The zero-order valence-electron chi connectivity index (χ0n) is 16.7. The van der Waals surface area contributed by atoms with Gasteiger partial charge in [0.25, 0.3) is 0 Å². The van der Waals surface area contributed by atoms with Crippen LogP contribution in [0.1, 0.15) is 34.4 Å². The largest absolute Gasteiger partial charge is 0.454 e. The summed E-state index contributed by atoms with van der Waals surface area (Å²) in [6.07, 6.45) is -5.01. The predicted octanol–water partition coefficient (Wildman–Crippen LogP) is 0.587. The van der Waals surface area contributed by atoms with Gasteiger partial charge in [0.15, 0.2) is 11.5 Å². The summed E-state index contributed by atoms with van der Waals surface area (Å²) < 4.78 is 16.7. The number of halogens is 1. The first-order chi connectivity index (χ1) is 14.6. The van der Waals surface area contributed by atoms with E-state index in [-0.39, 0.29) is 25.2 Å². The highest BCUT2D eigenvalue weighted by atomic mass is 35.5. The molecule has 8 nitrogen and oxygen atoms in total. The van der Waals surface area contributed by atoms with Crippen LogP contribution in [0.2, 0.25) is 0 Å². The topological polar surface area (TPSA) is 121 Å². The normalized spacial score (nSPS) is 31.6. The van der Waals surface area contributed by atoms with Crippen LogP contribution in [0.5, 0.6) is 11.5 Å². The van der Waals surface area contributed by atoms with Crippen LogP contribution in [0, 0.1) is 0 Å². The van der Waals surface area contributed by atoms with Crippen LogP contribution in [-0.2, 0) is 11.2 Å². The molecule has 0 spiro atoms. The molecule has 5 N–H and O–H groups in total. The minimum atomic E-state index is -1.40. The van der Waals surface area contributed by atoms with Crippen LogP contribution in [-0.4, -0.2) is 64.8 Å². The fraction of sp³-hybridized carbons (Fsp3) is 0.455. The monoisotopic (exact) mass is 451 g/mol. The number of nitrogens with one attached hydrogen (secondary N) is 1. The Bertz CT molecular complexity index is 940. The second-order valence-electron chi connectivity index (χ2n) is 7.96. The Hall–Kier alpha value is -1.91. The van der Waals surface area contributed by atoms with Gasteiger partial charge >= 0.3 is 0 Å². The Labute approximate surface area is 185 Å². The molecule has 9 heteroatoms. The molecule has 0 aromatic heterocycles. The summed E-state index contributed by atoms with van der Waals surface area (Å²) in [6, 6.07) is 11.6. The molecule has 0 bridgehead atoms. The zero-order chi connectivity index (χ0) is 20.8. The van der Waals surface area contributed by atoms with Crippen molar-refractivity contribution in [1.82, 2.24) is 5.32 Å². The molecule has 2 aromatic rings. The van der Waals surface area contributed by atoms with Crippen molar-refractivity contribution in [3.63, 3.8) is 0 Å². The van der Waals surface area contributed by atoms with E-state index in [4.69, 9.17) is 14.2 Å². The maximum atomic E-state index is 10.5. The Morgan fingerprint density at radius 2 is 1.68 bits per heavy atom. The van der Waals surface area contributed by atoms with Crippen LogP contribution in [0.3, 0.4) is 0 Å². The minimum Gasteiger partial charge on any atom is -0.454 e. The molecule has 0 saturated carbocycles. The zero-order valence-corrected chi connectivity index (χ0v) is 17.5. The molecule has 0 radical (unpaired) electrons. The molecule has 0 unspecified atom stereocenters. The third-order valence-electron chi connectivity index (χ3n) is 6.17. The Kier molecular flexibility index (Phi) is 6.41. The molecule has 5 rings (SSSR count). The van der Waals surface area contributed by atoms with Gasteiger partial charge in [0.05, 0.1) is 12.6 Å². The van der Waals surface area contributed by atoms with Gasteiger partial charge in [0, 0.05) is 6.54 Å². The van der Waals surface area contributed by atoms with E-state index in [0.29, 0.717) is 11.3 Å². The SMILES string of the molecule is Cl.OC[C@H]1O[C@@H](c2ccc3c(c2)[C@H](c2ccc4c(c2)OCO4)NCC3)[C@H](O)[C@@H](O)[C@@H]1O. The summed E-state index contributed by atoms with van der Waals surface area (Å²) in [5.74, 6) is 1.44. The van der Waals surface area contributed by atoms with E-state index in [1.54, 1.807) is 0 Å². The van der Waals surface area contributed by atoms with E-state index >= 15 is 0 Å². The molecule has 6 atom stereocenters. The lowest BCUT2D eigenvalue weighted by molar-refractivity contribution is -0.231. The van der Waals surface area contributed by atoms with Gasteiger partial charge in [-0.1, -0.05) is 24.3 Å². The van der Waals surface area contributed by atoms with Crippen molar-refractivity contribution >= 4 is 12.4 Å². The van der Waals surface area contributed by atoms with Crippen molar-refractivity contribution in [2.45, 2.75) is 43.0 Å². The summed E-state index contributed by atoms with van der Waals surface area (Å²) in [7, 11) is 0. The van der Waals surface area contributed by atoms with Gasteiger partial charge < -0.3 is 40.0 Å². The van der Waals surface area contributed by atoms with Crippen LogP contribution in [0.15, 0.2) is 36.4 Å². The molecule has 3 aliphatic rings. The van der Waals surface area contributed by atoms with Crippen molar-refractivity contribution < 1.29 is 34.6 Å². The molecule has 0 aliphatic carbocycles. The molecule has 1 fully saturated rings. The molecule has 0 amide bonds. The summed E-state index contributed by atoms with van der Waals surface area (Å²) in [6.45, 7) is 0.591. The number of fused-ring (bicyclic) bond motifs is 2. The van der Waals surface area contributed by atoms with Gasteiger partial charge in [0.1, 0.15) is 30.5 Å². The highest BCUT2D eigenvalue weighted by molar-refractivity contribution is 5.85. The van der Waals surface area contributed by atoms with Crippen LogP contribution >= 0.6 is 12.4 Å². The second-order valence-corrected chi connectivity index (χ2v) is 7.96. The number of aliphatic hydroxyl groups is 4. The van der Waals surface area contributed by atoms with Crippen LogP contribution in [0.25, 0.3) is 0 Å². The summed E-state index contributed by atoms with van der Waals surface area (Å²) in [4.78, 5) is 0. The van der Waals surface area contributed by atoms with Crippen LogP contribution in [0.4, 0.5) is 0 Å². The standard InChI is InChI=1S/C22H25NO7.ClH/c24-9-17-19(25)20(26)21(27)22(30-17)13-2-1-11-5-6-23-18(14(11)7-13)12-3-4-15-16(8-12)29-10-28-15;/h1-4,7-8,17-27H,5-6,9-10H2;1H/t17-,18+,19-,20+,21-,22+;/m1./s1. The highest BCUT2D eigenvalue weighted by Gasteiger charge is 2.44. The van der Waals surface area contributed by atoms with E-state index in [0.717, 1.165) is 29.8 Å². The van der Waals surface area contributed by atoms with Gasteiger partial charge in [-0.3, -0.25) is 0 Å². The maximum Gasteiger partial charge on any atom is 0.231 e. The Morgan fingerprint density at radius 3 is 2.48 bits per heavy atom.